The topological polar surface area (TPSA) is 26.0 Å². The van der Waals surface area contributed by atoms with E-state index in [0.717, 1.165) is 6.42 Å². The largest absolute Gasteiger partial charge is 0.324 e. The zero-order valence-corrected chi connectivity index (χ0v) is 11.4. The number of fused-ring (bicyclic) bond motifs is 1. The first kappa shape index (κ1) is 12.6. The lowest BCUT2D eigenvalue weighted by Crippen LogP contribution is -2.28. The summed E-state index contributed by atoms with van der Waals surface area (Å²) in [6, 6.07) is 7.05. The first-order valence-corrected chi connectivity index (χ1v) is 6.92. The standard InChI is InChI=1S/C16H25N/c1-4-16(2,3)15(17)14-10-9-12-7-5-6-8-13(12)11-14/h9-11,15H,4-8,17H2,1-3H3. The number of benzene rings is 1. The van der Waals surface area contributed by atoms with Crippen LogP contribution in [0.25, 0.3) is 0 Å². The van der Waals surface area contributed by atoms with E-state index < -0.39 is 0 Å². The van der Waals surface area contributed by atoms with Crippen LogP contribution in [0.2, 0.25) is 0 Å². The quantitative estimate of drug-likeness (QED) is 0.836. The highest BCUT2D eigenvalue weighted by atomic mass is 14.7. The lowest BCUT2D eigenvalue weighted by atomic mass is 9.77. The molecule has 1 atom stereocenters. The van der Waals surface area contributed by atoms with Gasteiger partial charge in [-0.05, 0) is 54.2 Å². The van der Waals surface area contributed by atoms with Crippen LogP contribution in [0.4, 0.5) is 0 Å². The summed E-state index contributed by atoms with van der Waals surface area (Å²) in [4.78, 5) is 0. The summed E-state index contributed by atoms with van der Waals surface area (Å²) in [5.74, 6) is 0. The van der Waals surface area contributed by atoms with Gasteiger partial charge in [0.05, 0.1) is 0 Å². The first-order chi connectivity index (χ1) is 8.04. The second-order valence-electron chi connectivity index (χ2n) is 6.06. The van der Waals surface area contributed by atoms with Gasteiger partial charge < -0.3 is 5.73 Å². The molecule has 0 heterocycles. The Balaban J connectivity index is 2.28. The molecule has 1 heteroatoms. The minimum atomic E-state index is 0.153. The average Bonchev–Trinajstić information content (AvgIpc) is 2.37. The molecule has 2 N–H and O–H groups in total. The smallest absolute Gasteiger partial charge is 0.0346 e. The van der Waals surface area contributed by atoms with E-state index in [1.54, 1.807) is 5.56 Å². The summed E-state index contributed by atoms with van der Waals surface area (Å²) in [5, 5.41) is 0. The van der Waals surface area contributed by atoms with Gasteiger partial charge in [0.1, 0.15) is 0 Å². The van der Waals surface area contributed by atoms with Gasteiger partial charge in [0.15, 0.2) is 0 Å². The highest BCUT2D eigenvalue weighted by Crippen LogP contribution is 2.35. The molecule has 1 aliphatic carbocycles. The minimum absolute atomic E-state index is 0.153. The molecule has 1 aliphatic rings. The lowest BCUT2D eigenvalue weighted by Gasteiger charge is -2.31. The van der Waals surface area contributed by atoms with Gasteiger partial charge in [-0.15, -0.1) is 0 Å². The van der Waals surface area contributed by atoms with Gasteiger partial charge >= 0.3 is 0 Å². The van der Waals surface area contributed by atoms with Crippen molar-refractivity contribution < 1.29 is 0 Å². The van der Waals surface area contributed by atoms with E-state index in [1.165, 1.54) is 36.8 Å². The molecule has 2 rings (SSSR count). The third-order valence-corrected chi connectivity index (χ3v) is 4.48. The van der Waals surface area contributed by atoms with Gasteiger partial charge in [0.2, 0.25) is 0 Å². The molecule has 1 nitrogen and oxygen atoms in total. The zero-order valence-electron chi connectivity index (χ0n) is 11.4. The number of rotatable bonds is 3. The Kier molecular flexibility index (Phi) is 3.58. The van der Waals surface area contributed by atoms with Crippen LogP contribution in [0.15, 0.2) is 18.2 Å². The first-order valence-electron chi connectivity index (χ1n) is 6.92. The molecule has 0 saturated heterocycles. The maximum Gasteiger partial charge on any atom is 0.0346 e. The van der Waals surface area contributed by atoms with E-state index in [0.29, 0.717) is 0 Å². The molecular weight excluding hydrogens is 206 g/mol. The Morgan fingerprint density at radius 3 is 2.47 bits per heavy atom. The number of nitrogens with two attached hydrogens (primary N) is 1. The van der Waals surface area contributed by atoms with Crippen molar-refractivity contribution in [1.29, 1.82) is 0 Å². The van der Waals surface area contributed by atoms with Gasteiger partial charge in [-0.3, -0.25) is 0 Å². The highest BCUT2D eigenvalue weighted by Gasteiger charge is 2.26. The van der Waals surface area contributed by atoms with Crippen LogP contribution in [-0.2, 0) is 12.8 Å². The van der Waals surface area contributed by atoms with Crippen LogP contribution in [0, 0.1) is 5.41 Å². The summed E-state index contributed by atoms with van der Waals surface area (Å²) in [5.41, 5.74) is 11.0. The number of aryl methyl sites for hydroxylation is 2. The van der Waals surface area contributed by atoms with Gasteiger partial charge in [-0.1, -0.05) is 39.0 Å². The molecule has 0 saturated carbocycles. The van der Waals surface area contributed by atoms with Crippen molar-refractivity contribution in [3.05, 3.63) is 34.9 Å². The van der Waals surface area contributed by atoms with Crippen LogP contribution >= 0.6 is 0 Å². The monoisotopic (exact) mass is 231 g/mol. The Morgan fingerprint density at radius 1 is 1.18 bits per heavy atom. The van der Waals surface area contributed by atoms with Crippen LogP contribution in [-0.4, -0.2) is 0 Å². The fourth-order valence-electron chi connectivity index (χ4n) is 2.62. The second kappa shape index (κ2) is 4.81. The van der Waals surface area contributed by atoms with Crippen molar-refractivity contribution in [3.63, 3.8) is 0 Å². The number of hydrogen-bond acceptors (Lipinski definition) is 1. The highest BCUT2D eigenvalue weighted by molar-refractivity contribution is 5.35. The van der Waals surface area contributed by atoms with Crippen molar-refractivity contribution in [2.45, 2.75) is 58.9 Å². The molecule has 0 aliphatic heterocycles. The third kappa shape index (κ3) is 2.55. The summed E-state index contributed by atoms with van der Waals surface area (Å²) in [6.45, 7) is 6.74. The van der Waals surface area contributed by atoms with Gasteiger partial charge in [0.25, 0.3) is 0 Å². The molecule has 0 aromatic heterocycles. The van der Waals surface area contributed by atoms with Crippen LogP contribution in [0.5, 0.6) is 0 Å². The molecule has 1 aromatic carbocycles. The van der Waals surface area contributed by atoms with Gasteiger partial charge in [0, 0.05) is 6.04 Å². The fraction of sp³-hybridized carbons (Fsp3) is 0.625. The van der Waals surface area contributed by atoms with E-state index in [9.17, 15) is 0 Å². The average molecular weight is 231 g/mol. The number of hydrogen-bond donors (Lipinski definition) is 1. The van der Waals surface area contributed by atoms with Crippen molar-refractivity contribution in [2.24, 2.45) is 11.1 Å². The van der Waals surface area contributed by atoms with Crippen molar-refractivity contribution in [3.8, 4) is 0 Å². The summed E-state index contributed by atoms with van der Waals surface area (Å²) < 4.78 is 0. The third-order valence-electron chi connectivity index (χ3n) is 4.48. The Hall–Kier alpha value is -0.820. The summed E-state index contributed by atoms with van der Waals surface area (Å²) >= 11 is 0. The Morgan fingerprint density at radius 2 is 1.82 bits per heavy atom. The van der Waals surface area contributed by atoms with E-state index in [-0.39, 0.29) is 11.5 Å². The maximum atomic E-state index is 6.42. The van der Waals surface area contributed by atoms with E-state index in [4.69, 9.17) is 5.73 Å². The predicted octanol–water partition coefficient (Wildman–Crippen LogP) is 4.00. The molecule has 0 amide bonds. The second-order valence-corrected chi connectivity index (χ2v) is 6.06. The molecule has 0 fully saturated rings. The van der Waals surface area contributed by atoms with E-state index in [1.807, 2.05) is 0 Å². The van der Waals surface area contributed by atoms with Crippen LogP contribution in [0.1, 0.15) is 62.8 Å². The van der Waals surface area contributed by atoms with Crippen LogP contribution < -0.4 is 5.73 Å². The molecular formula is C16H25N. The zero-order chi connectivity index (χ0) is 12.5. The summed E-state index contributed by atoms with van der Waals surface area (Å²) in [7, 11) is 0. The predicted molar refractivity (Wildman–Crippen MR) is 74.1 cm³/mol. The molecule has 0 radical (unpaired) electrons. The molecule has 94 valence electrons. The van der Waals surface area contributed by atoms with E-state index in [2.05, 4.69) is 39.0 Å². The molecule has 0 spiro atoms. The Labute approximate surface area is 105 Å². The maximum absolute atomic E-state index is 6.42. The van der Waals surface area contributed by atoms with Crippen LogP contribution in [0.3, 0.4) is 0 Å². The van der Waals surface area contributed by atoms with Gasteiger partial charge in [-0.2, -0.15) is 0 Å². The lowest BCUT2D eigenvalue weighted by molar-refractivity contribution is 0.278. The van der Waals surface area contributed by atoms with Crippen molar-refractivity contribution >= 4 is 0 Å². The summed E-state index contributed by atoms with van der Waals surface area (Å²) in [6.07, 6.45) is 6.29. The van der Waals surface area contributed by atoms with E-state index >= 15 is 0 Å². The molecule has 1 aromatic rings. The SMILES string of the molecule is CCC(C)(C)C(N)c1ccc2c(c1)CCCC2. The van der Waals surface area contributed by atoms with Crippen molar-refractivity contribution in [1.82, 2.24) is 0 Å². The van der Waals surface area contributed by atoms with Gasteiger partial charge in [-0.25, -0.2) is 0 Å². The minimum Gasteiger partial charge on any atom is -0.324 e. The fourth-order valence-corrected chi connectivity index (χ4v) is 2.62. The molecule has 17 heavy (non-hydrogen) atoms. The molecule has 1 unspecified atom stereocenters. The Bertz CT molecular complexity index is 393. The van der Waals surface area contributed by atoms with Crippen molar-refractivity contribution in [2.75, 3.05) is 0 Å². The normalized spacial score (nSPS) is 17.6. The molecule has 0 bridgehead atoms.